The van der Waals surface area contributed by atoms with Crippen LogP contribution in [0.5, 0.6) is 0 Å². The van der Waals surface area contributed by atoms with Gasteiger partial charge in [0.1, 0.15) is 11.6 Å². The number of hydrogen-bond acceptors (Lipinski definition) is 3. The SMILES string of the molecule is O=C(c1ccc(-c2ccccc2F)o1)N1CC[C@@H](O)C1. The number of benzene rings is 1. The number of hydrogen-bond donors (Lipinski definition) is 1. The average molecular weight is 275 g/mol. The zero-order valence-electron chi connectivity index (χ0n) is 10.8. The van der Waals surface area contributed by atoms with Gasteiger partial charge in [0.05, 0.1) is 11.7 Å². The van der Waals surface area contributed by atoms with Gasteiger partial charge >= 0.3 is 0 Å². The number of amides is 1. The molecule has 0 aliphatic carbocycles. The molecule has 0 saturated carbocycles. The van der Waals surface area contributed by atoms with E-state index in [9.17, 15) is 14.3 Å². The Bertz CT molecular complexity index is 638. The van der Waals surface area contributed by atoms with Gasteiger partial charge in [-0.05, 0) is 30.7 Å². The highest BCUT2D eigenvalue weighted by Crippen LogP contribution is 2.25. The van der Waals surface area contributed by atoms with Crippen molar-refractivity contribution in [2.24, 2.45) is 0 Å². The van der Waals surface area contributed by atoms with Crippen LogP contribution in [0.15, 0.2) is 40.8 Å². The summed E-state index contributed by atoms with van der Waals surface area (Å²) in [6, 6.07) is 9.36. The highest BCUT2D eigenvalue weighted by Gasteiger charge is 2.27. The minimum atomic E-state index is -0.472. The fraction of sp³-hybridized carbons (Fsp3) is 0.267. The van der Waals surface area contributed by atoms with Gasteiger partial charge in [-0.25, -0.2) is 4.39 Å². The summed E-state index contributed by atoms with van der Waals surface area (Å²) in [6.07, 6.45) is 0.104. The van der Waals surface area contributed by atoms with Crippen molar-refractivity contribution in [3.63, 3.8) is 0 Å². The van der Waals surface area contributed by atoms with Gasteiger partial charge in [0.15, 0.2) is 5.76 Å². The quantitative estimate of drug-likeness (QED) is 0.915. The van der Waals surface area contributed by atoms with E-state index in [-0.39, 0.29) is 11.7 Å². The molecule has 1 aromatic heterocycles. The van der Waals surface area contributed by atoms with Crippen LogP contribution in [0.4, 0.5) is 4.39 Å². The standard InChI is InChI=1S/C15H14FNO3/c16-12-4-2-1-3-11(12)13-5-6-14(20-13)15(19)17-8-7-10(18)9-17/h1-6,10,18H,7-9H2/t10-/m1/s1. The molecule has 104 valence electrons. The molecular formula is C15H14FNO3. The third kappa shape index (κ3) is 2.32. The zero-order chi connectivity index (χ0) is 14.1. The molecule has 1 aliphatic rings. The number of β-amino-alcohol motifs (C(OH)–C–C–N with tert-alkyl or cyclic N) is 1. The lowest BCUT2D eigenvalue weighted by Crippen LogP contribution is -2.29. The molecule has 1 aliphatic heterocycles. The largest absolute Gasteiger partial charge is 0.451 e. The number of nitrogens with zero attached hydrogens (tertiary/aromatic N) is 1. The highest BCUT2D eigenvalue weighted by atomic mass is 19.1. The molecule has 1 saturated heterocycles. The fourth-order valence-electron chi connectivity index (χ4n) is 2.34. The monoisotopic (exact) mass is 275 g/mol. The molecule has 0 radical (unpaired) electrons. The summed E-state index contributed by atoms with van der Waals surface area (Å²) in [5.74, 6) is -0.176. The Labute approximate surface area is 115 Å². The van der Waals surface area contributed by atoms with Crippen LogP contribution in [-0.4, -0.2) is 35.1 Å². The van der Waals surface area contributed by atoms with Crippen molar-refractivity contribution < 1.29 is 18.7 Å². The average Bonchev–Trinajstić information content (AvgIpc) is 3.07. The Morgan fingerprint density at radius 2 is 2.10 bits per heavy atom. The van der Waals surface area contributed by atoms with E-state index in [2.05, 4.69) is 0 Å². The lowest BCUT2D eigenvalue weighted by molar-refractivity contribution is 0.0734. The molecule has 0 bridgehead atoms. The van der Waals surface area contributed by atoms with Gasteiger partial charge in [-0.15, -0.1) is 0 Å². The Kier molecular flexibility index (Phi) is 3.28. The Morgan fingerprint density at radius 1 is 1.30 bits per heavy atom. The van der Waals surface area contributed by atoms with E-state index >= 15 is 0 Å². The van der Waals surface area contributed by atoms with Crippen LogP contribution in [0.3, 0.4) is 0 Å². The van der Waals surface area contributed by atoms with Gasteiger partial charge in [-0.2, -0.15) is 0 Å². The summed E-state index contributed by atoms with van der Waals surface area (Å²) in [6.45, 7) is 0.824. The van der Waals surface area contributed by atoms with E-state index in [1.165, 1.54) is 17.0 Å². The summed E-state index contributed by atoms with van der Waals surface area (Å²) >= 11 is 0. The summed E-state index contributed by atoms with van der Waals surface area (Å²) in [7, 11) is 0. The van der Waals surface area contributed by atoms with Gasteiger partial charge in [0.25, 0.3) is 5.91 Å². The first-order valence-corrected chi connectivity index (χ1v) is 6.47. The fourth-order valence-corrected chi connectivity index (χ4v) is 2.34. The number of furan rings is 1. The first-order valence-electron chi connectivity index (χ1n) is 6.47. The smallest absolute Gasteiger partial charge is 0.289 e. The van der Waals surface area contributed by atoms with Crippen molar-refractivity contribution in [1.29, 1.82) is 0 Å². The van der Waals surface area contributed by atoms with Crippen LogP contribution >= 0.6 is 0 Å². The molecule has 2 aromatic rings. The maximum atomic E-state index is 13.6. The lowest BCUT2D eigenvalue weighted by Gasteiger charge is -2.13. The van der Waals surface area contributed by atoms with Crippen LogP contribution in [0.25, 0.3) is 11.3 Å². The van der Waals surface area contributed by atoms with Crippen LogP contribution in [0.1, 0.15) is 17.0 Å². The zero-order valence-corrected chi connectivity index (χ0v) is 10.8. The van der Waals surface area contributed by atoms with E-state index in [4.69, 9.17) is 4.42 Å². The van der Waals surface area contributed by atoms with Gasteiger partial charge in [0, 0.05) is 13.1 Å². The lowest BCUT2D eigenvalue weighted by atomic mass is 10.1. The second kappa shape index (κ2) is 5.09. The minimum absolute atomic E-state index is 0.164. The molecule has 1 atom stereocenters. The van der Waals surface area contributed by atoms with Crippen molar-refractivity contribution in [3.05, 3.63) is 48.0 Å². The third-order valence-electron chi connectivity index (χ3n) is 3.41. The number of carbonyl (C=O) groups excluding carboxylic acids is 1. The molecule has 1 fully saturated rings. The Morgan fingerprint density at radius 3 is 2.80 bits per heavy atom. The number of rotatable bonds is 2. The Balaban J connectivity index is 1.84. The first kappa shape index (κ1) is 12.9. The van der Waals surface area contributed by atoms with Crippen molar-refractivity contribution in [2.75, 3.05) is 13.1 Å². The molecule has 1 amide bonds. The number of aliphatic hydroxyl groups excluding tert-OH is 1. The highest BCUT2D eigenvalue weighted by molar-refractivity contribution is 5.92. The normalized spacial score (nSPS) is 18.5. The molecular weight excluding hydrogens is 261 g/mol. The summed E-state index contributed by atoms with van der Waals surface area (Å²) in [4.78, 5) is 13.7. The summed E-state index contributed by atoms with van der Waals surface area (Å²) < 4.78 is 19.1. The van der Waals surface area contributed by atoms with E-state index in [1.54, 1.807) is 24.3 Å². The number of carbonyl (C=O) groups is 1. The maximum absolute atomic E-state index is 13.6. The number of aliphatic hydroxyl groups is 1. The minimum Gasteiger partial charge on any atom is -0.451 e. The molecule has 4 nitrogen and oxygen atoms in total. The van der Waals surface area contributed by atoms with Gasteiger partial charge in [0.2, 0.25) is 0 Å². The van der Waals surface area contributed by atoms with Crippen LogP contribution in [0, 0.1) is 5.82 Å². The van der Waals surface area contributed by atoms with Crippen molar-refractivity contribution in [2.45, 2.75) is 12.5 Å². The molecule has 2 heterocycles. The van der Waals surface area contributed by atoms with Crippen LogP contribution < -0.4 is 0 Å². The van der Waals surface area contributed by atoms with Crippen LogP contribution in [-0.2, 0) is 0 Å². The van der Waals surface area contributed by atoms with Gasteiger partial charge in [-0.1, -0.05) is 12.1 Å². The van der Waals surface area contributed by atoms with Crippen molar-refractivity contribution >= 4 is 5.91 Å². The molecule has 0 unspecified atom stereocenters. The molecule has 20 heavy (non-hydrogen) atoms. The number of halogens is 1. The molecule has 5 heteroatoms. The van der Waals surface area contributed by atoms with Crippen molar-refractivity contribution in [3.8, 4) is 11.3 Å². The van der Waals surface area contributed by atoms with E-state index < -0.39 is 11.9 Å². The topological polar surface area (TPSA) is 53.7 Å². The summed E-state index contributed by atoms with van der Waals surface area (Å²) in [5, 5.41) is 9.44. The molecule has 1 aromatic carbocycles. The molecule has 1 N–H and O–H groups in total. The van der Waals surface area contributed by atoms with Gasteiger partial charge < -0.3 is 14.4 Å². The van der Waals surface area contributed by atoms with E-state index in [0.29, 0.717) is 30.8 Å². The molecule has 0 spiro atoms. The van der Waals surface area contributed by atoms with Crippen LogP contribution in [0.2, 0.25) is 0 Å². The van der Waals surface area contributed by atoms with E-state index in [1.807, 2.05) is 0 Å². The second-order valence-electron chi connectivity index (χ2n) is 4.84. The molecule has 3 rings (SSSR count). The van der Waals surface area contributed by atoms with E-state index in [0.717, 1.165) is 0 Å². The second-order valence-corrected chi connectivity index (χ2v) is 4.84. The number of likely N-dealkylation sites (tertiary alicyclic amines) is 1. The van der Waals surface area contributed by atoms with Gasteiger partial charge in [-0.3, -0.25) is 4.79 Å². The van der Waals surface area contributed by atoms with Crippen molar-refractivity contribution in [1.82, 2.24) is 4.90 Å². The Hall–Kier alpha value is -2.14. The predicted molar refractivity (Wildman–Crippen MR) is 70.6 cm³/mol. The predicted octanol–water partition coefficient (Wildman–Crippen LogP) is 2.29. The maximum Gasteiger partial charge on any atom is 0.289 e. The first-order chi connectivity index (χ1) is 9.65. The third-order valence-corrected chi connectivity index (χ3v) is 3.41. The summed E-state index contributed by atoms with van der Waals surface area (Å²) in [5.41, 5.74) is 0.327.